The summed E-state index contributed by atoms with van der Waals surface area (Å²) in [5.41, 5.74) is 4.29. The molecule has 0 unspecified atom stereocenters. The number of nitrogens with zero attached hydrogens (tertiary/aromatic N) is 1. The molecule has 0 fully saturated rings. The zero-order chi connectivity index (χ0) is 13.7. The van der Waals surface area contributed by atoms with Crippen molar-refractivity contribution in [1.29, 1.82) is 0 Å². The minimum atomic E-state index is -0.987. The number of carboxylic acids is 1. The van der Waals surface area contributed by atoms with Crippen LogP contribution in [-0.2, 0) is 0 Å². The highest BCUT2D eigenvalue weighted by atomic mass is 79.9. The Balaban J connectivity index is 2.15. The monoisotopic (exact) mass is 318 g/mol. The van der Waals surface area contributed by atoms with Crippen molar-refractivity contribution >= 4 is 33.8 Å². The molecule has 2 aromatic rings. The molecule has 0 saturated carbocycles. The second-order valence-electron chi connectivity index (χ2n) is 3.74. The molecule has 0 bridgehead atoms. The van der Waals surface area contributed by atoms with Gasteiger partial charge in [-0.15, -0.1) is 0 Å². The van der Waals surface area contributed by atoms with Gasteiger partial charge in [-0.1, -0.05) is 46.3 Å². The molecular formula is C14H11BrN2O2. The third-order valence-electron chi connectivity index (χ3n) is 2.45. The van der Waals surface area contributed by atoms with Crippen molar-refractivity contribution in [3.05, 3.63) is 64.1 Å². The molecule has 19 heavy (non-hydrogen) atoms. The Morgan fingerprint density at radius 3 is 2.58 bits per heavy atom. The van der Waals surface area contributed by atoms with Gasteiger partial charge in [0.15, 0.2) is 0 Å². The molecule has 0 spiro atoms. The van der Waals surface area contributed by atoms with Crippen LogP contribution in [0.2, 0.25) is 0 Å². The highest BCUT2D eigenvalue weighted by molar-refractivity contribution is 9.10. The van der Waals surface area contributed by atoms with Crippen molar-refractivity contribution in [3.63, 3.8) is 0 Å². The van der Waals surface area contributed by atoms with Crippen LogP contribution < -0.4 is 5.43 Å². The molecule has 2 N–H and O–H groups in total. The highest BCUT2D eigenvalue weighted by Crippen LogP contribution is 2.16. The van der Waals surface area contributed by atoms with Gasteiger partial charge in [0.2, 0.25) is 0 Å². The SMILES string of the molecule is O=C(O)c1ccccc1N/N=C/c1ccccc1Br. The number of halogens is 1. The van der Waals surface area contributed by atoms with E-state index < -0.39 is 5.97 Å². The van der Waals surface area contributed by atoms with Crippen LogP contribution in [0.25, 0.3) is 0 Å². The van der Waals surface area contributed by atoms with Crippen LogP contribution in [0.4, 0.5) is 5.69 Å². The van der Waals surface area contributed by atoms with Gasteiger partial charge in [-0.2, -0.15) is 5.10 Å². The Morgan fingerprint density at radius 2 is 1.84 bits per heavy atom. The topological polar surface area (TPSA) is 61.7 Å². The van der Waals surface area contributed by atoms with Gasteiger partial charge in [0, 0.05) is 10.0 Å². The molecule has 2 aromatic carbocycles. The van der Waals surface area contributed by atoms with Crippen molar-refractivity contribution in [2.75, 3.05) is 5.43 Å². The largest absolute Gasteiger partial charge is 0.478 e. The van der Waals surface area contributed by atoms with Crippen LogP contribution in [0, 0.1) is 0 Å². The Hall–Kier alpha value is -2.14. The minimum absolute atomic E-state index is 0.187. The molecule has 0 heterocycles. The molecule has 0 aliphatic heterocycles. The summed E-state index contributed by atoms with van der Waals surface area (Å²) in [4.78, 5) is 11.0. The normalized spacial score (nSPS) is 10.6. The molecule has 96 valence electrons. The number of hydrogen-bond donors (Lipinski definition) is 2. The molecule has 0 radical (unpaired) electrons. The first kappa shape index (κ1) is 13.3. The van der Waals surface area contributed by atoms with Crippen molar-refractivity contribution in [2.24, 2.45) is 5.10 Å². The fourth-order valence-corrected chi connectivity index (χ4v) is 1.91. The number of nitrogens with one attached hydrogen (secondary N) is 1. The van der Waals surface area contributed by atoms with Crippen LogP contribution in [0.5, 0.6) is 0 Å². The van der Waals surface area contributed by atoms with Crippen LogP contribution in [0.1, 0.15) is 15.9 Å². The fourth-order valence-electron chi connectivity index (χ4n) is 1.52. The average molecular weight is 319 g/mol. The molecule has 0 atom stereocenters. The minimum Gasteiger partial charge on any atom is -0.478 e. The first-order valence-electron chi connectivity index (χ1n) is 5.54. The van der Waals surface area contributed by atoms with E-state index in [9.17, 15) is 4.79 Å². The van der Waals surface area contributed by atoms with Crippen LogP contribution >= 0.6 is 15.9 Å². The van der Waals surface area contributed by atoms with Gasteiger partial charge < -0.3 is 5.11 Å². The summed E-state index contributed by atoms with van der Waals surface area (Å²) in [5.74, 6) is -0.987. The first-order chi connectivity index (χ1) is 9.18. The summed E-state index contributed by atoms with van der Waals surface area (Å²) < 4.78 is 0.923. The van der Waals surface area contributed by atoms with Gasteiger partial charge in [0.25, 0.3) is 0 Å². The van der Waals surface area contributed by atoms with Crippen molar-refractivity contribution in [3.8, 4) is 0 Å². The third-order valence-corrected chi connectivity index (χ3v) is 3.17. The Morgan fingerprint density at radius 1 is 1.16 bits per heavy atom. The van der Waals surface area contributed by atoms with E-state index in [0.717, 1.165) is 10.0 Å². The zero-order valence-corrected chi connectivity index (χ0v) is 11.5. The molecule has 0 saturated heterocycles. The van der Waals surface area contributed by atoms with E-state index in [-0.39, 0.29) is 5.56 Å². The second kappa shape index (κ2) is 6.15. The number of carboxylic acid groups (broad SMARTS) is 1. The number of rotatable bonds is 4. The Kier molecular flexibility index (Phi) is 4.30. The van der Waals surface area contributed by atoms with Crippen molar-refractivity contribution < 1.29 is 9.90 Å². The highest BCUT2D eigenvalue weighted by Gasteiger charge is 2.07. The quantitative estimate of drug-likeness (QED) is 0.669. The van der Waals surface area contributed by atoms with E-state index in [1.165, 1.54) is 6.07 Å². The van der Waals surface area contributed by atoms with E-state index in [1.54, 1.807) is 24.4 Å². The molecule has 0 aromatic heterocycles. The number of hydrazone groups is 1. The summed E-state index contributed by atoms with van der Waals surface area (Å²) in [6.45, 7) is 0. The molecular weight excluding hydrogens is 308 g/mol. The Labute approximate surface area is 118 Å². The van der Waals surface area contributed by atoms with E-state index in [1.807, 2.05) is 24.3 Å². The number of para-hydroxylation sites is 1. The van der Waals surface area contributed by atoms with Gasteiger partial charge in [0.05, 0.1) is 17.5 Å². The summed E-state index contributed by atoms with van der Waals surface area (Å²) in [7, 11) is 0. The van der Waals surface area contributed by atoms with E-state index in [0.29, 0.717) is 5.69 Å². The molecule has 0 amide bonds. The van der Waals surface area contributed by atoms with Gasteiger partial charge in [0.1, 0.15) is 0 Å². The summed E-state index contributed by atoms with van der Waals surface area (Å²) in [6, 6.07) is 14.2. The summed E-state index contributed by atoms with van der Waals surface area (Å²) in [6.07, 6.45) is 1.63. The summed E-state index contributed by atoms with van der Waals surface area (Å²) in [5, 5.41) is 13.1. The number of benzene rings is 2. The second-order valence-corrected chi connectivity index (χ2v) is 4.60. The lowest BCUT2D eigenvalue weighted by Crippen LogP contribution is -2.02. The maximum atomic E-state index is 11.0. The lowest BCUT2D eigenvalue weighted by atomic mass is 10.2. The third kappa shape index (κ3) is 3.42. The van der Waals surface area contributed by atoms with Gasteiger partial charge in [-0.3, -0.25) is 5.43 Å². The number of carbonyl (C=O) groups is 1. The Bertz CT molecular complexity index is 626. The fraction of sp³-hybridized carbons (Fsp3) is 0. The molecule has 5 heteroatoms. The number of aromatic carboxylic acids is 1. The lowest BCUT2D eigenvalue weighted by molar-refractivity contribution is 0.0698. The van der Waals surface area contributed by atoms with Crippen molar-refractivity contribution in [1.82, 2.24) is 0 Å². The van der Waals surface area contributed by atoms with E-state index in [4.69, 9.17) is 5.11 Å². The molecule has 4 nitrogen and oxygen atoms in total. The zero-order valence-electron chi connectivity index (χ0n) is 9.88. The average Bonchev–Trinajstić information content (AvgIpc) is 2.41. The van der Waals surface area contributed by atoms with Gasteiger partial charge in [-0.25, -0.2) is 4.79 Å². The molecule has 2 rings (SSSR count). The lowest BCUT2D eigenvalue weighted by Gasteiger charge is -2.04. The van der Waals surface area contributed by atoms with E-state index in [2.05, 4.69) is 26.5 Å². The number of anilines is 1. The standard InChI is InChI=1S/C14H11BrN2O2/c15-12-7-3-1-5-10(12)9-16-17-13-8-4-2-6-11(13)14(18)19/h1-9,17H,(H,18,19)/b16-9+. The van der Waals surface area contributed by atoms with E-state index >= 15 is 0 Å². The van der Waals surface area contributed by atoms with Crippen LogP contribution in [-0.4, -0.2) is 17.3 Å². The number of hydrogen-bond acceptors (Lipinski definition) is 3. The maximum Gasteiger partial charge on any atom is 0.337 e. The first-order valence-corrected chi connectivity index (χ1v) is 6.33. The van der Waals surface area contributed by atoms with Gasteiger partial charge in [-0.05, 0) is 18.2 Å². The van der Waals surface area contributed by atoms with Crippen LogP contribution in [0.3, 0.4) is 0 Å². The summed E-state index contributed by atoms with van der Waals surface area (Å²) >= 11 is 3.41. The maximum absolute atomic E-state index is 11.0. The smallest absolute Gasteiger partial charge is 0.337 e. The predicted molar refractivity (Wildman–Crippen MR) is 78.8 cm³/mol. The van der Waals surface area contributed by atoms with Crippen molar-refractivity contribution in [2.45, 2.75) is 0 Å². The molecule has 0 aliphatic rings. The predicted octanol–water partition coefficient (Wildman–Crippen LogP) is 3.59. The van der Waals surface area contributed by atoms with Gasteiger partial charge >= 0.3 is 5.97 Å². The molecule has 0 aliphatic carbocycles. The van der Waals surface area contributed by atoms with Crippen LogP contribution in [0.15, 0.2) is 58.1 Å².